The first-order valence-electron chi connectivity index (χ1n) is 6.35. The number of piperidine rings is 1. The SMILES string of the molecule is C=C(Cc1cccc(SC)c1)N1CCCCC1. The highest BCUT2D eigenvalue weighted by atomic mass is 32.2. The molecule has 1 fully saturated rings. The first-order valence-corrected chi connectivity index (χ1v) is 7.58. The Morgan fingerprint density at radius 1 is 1.29 bits per heavy atom. The van der Waals surface area contributed by atoms with Gasteiger partial charge in [0.1, 0.15) is 0 Å². The lowest BCUT2D eigenvalue weighted by molar-refractivity contribution is 0.281. The molecule has 1 aromatic carbocycles. The van der Waals surface area contributed by atoms with Gasteiger partial charge in [-0.15, -0.1) is 11.8 Å². The van der Waals surface area contributed by atoms with E-state index >= 15 is 0 Å². The Labute approximate surface area is 109 Å². The van der Waals surface area contributed by atoms with Crippen molar-refractivity contribution in [3.8, 4) is 0 Å². The summed E-state index contributed by atoms with van der Waals surface area (Å²) in [7, 11) is 0. The van der Waals surface area contributed by atoms with Crippen LogP contribution in [0.1, 0.15) is 24.8 Å². The monoisotopic (exact) mass is 247 g/mol. The molecule has 1 saturated heterocycles. The number of benzene rings is 1. The first kappa shape index (κ1) is 12.6. The van der Waals surface area contributed by atoms with E-state index in [4.69, 9.17) is 0 Å². The molecule has 0 N–H and O–H groups in total. The second-order valence-corrected chi connectivity index (χ2v) is 5.52. The fourth-order valence-electron chi connectivity index (χ4n) is 2.34. The lowest BCUT2D eigenvalue weighted by atomic mass is 10.1. The number of thioether (sulfide) groups is 1. The number of hydrogen-bond donors (Lipinski definition) is 0. The fourth-order valence-corrected chi connectivity index (χ4v) is 2.82. The van der Waals surface area contributed by atoms with E-state index in [1.807, 2.05) is 0 Å². The summed E-state index contributed by atoms with van der Waals surface area (Å²) in [5.74, 6) is 0. The molecule has 2 rings (SSSR count). The molecule has 0 bridgehead atoms. The minimum atomic E-state index is 0.994. The van der Waals surface area contributed by atoms with Gasteiger partial charge in [0.25, 0.3) is 0 Å². The Morgan fingerprint density at radius 2 is 2.06 bits per heavy atom. The van der Waals surface area contributed by atoms with Crippen LogP contribution in [0.25, 0.3) is 0 Å². The lowest BCUT2D eigenvalue weighted by Gasteiger charge is -2.30. The van der Waals surface area contributed by atoms with Crippen molar-refractivity contribution in [1.29, 1.82) is 0 Å². The van der Waals surface area contributed by atoms with Crippen molar-refractivity contribution in [1.82, 2.24) is 4.90 Å². The average Bonchev–Trinajstić information content (AvgIpc) is 2.40. The molecule has 0 saturated carbocycles. The van der Waals surface area contributed by atoms with Gasteiger partial charge >= 0.3 is 0 Å². The molecule has 2 heteroatoms. The van der Waals surface area contributed by atoms with Crippen molar-refractivity contribution in [3.63, 3.8) is 0 Å². The van der Waals surface area contributed by atoms with Gasteiger partial charge in [-0.05, 0) is 43.2 Å². The molecule has 0 radical (unpaired) electrons. The highest BCUT2D eigenvalue weighted by Crippen LogP contribution is 2.20. The number of likely N-dealkylation sites (tertiary alicyclic amines) is 1. The Kier molecular flexibility index (Phi) is 4.55. The zero-order valence-corrected chi connectivity index (χ0v) is 11.4. The van der Waals surface area contributed by atoms with E-state index < -0.39 is 0 Å². The van der Waals surface area contributed by atoms with Crippen molar-refractivity contribution in [2.75, 3.05) is 19.3 Å². The number of nitrogens with zero attached hydrogens (tertiary/aromatic N) is 1. The Hall–Kier alpha value is -0.890. The number of allylic oxidation sites excluding steroid dienone is 1. The van der Waals surface area contributed by atoms with Gasteiger partial charge in [0.2, 0.25) is 0 Å². The third-order valence-electron chi connectivity index (χ3n) is 3.35. The summed E-state index contributed by atoms with van der Waals surface area (Å²) >= 11 is 1.80. The van der Waals surface area contributed by atoms with Crippen molar-refractivity contribution in [3.05, 3.63) is 42.1 Å². The minimum absolute atomic E-state index is 0.994. The van der Waals surface area contributed by atoms with Gasteiger partial charge < -0.3 is 4.90 Å². The van der Waals surface area contributed by atoms with Crippen molar-refractivity contribution >= 4 is 11.8 Å². The molecule has 17 heavy (non-hydrogen) atoms. The highest BCUT2D eigenvalue weighted by molar-refractivity contribution is 7.98. The van der Waals surface area contributed by atoms with E-state index in [1.54, 1.807) is 11.8 Å². The van der Waals surface area contributed by atoms with E-state index in [0.29, 0.717) is 0 Å². The second kappa shape index (κ2) is 6.15. The molecular weight excluding hydrogens is 226 g/mol. The van der Waals surface area contributed by atoms with Crippen LogP contribution in [0.5, 0.6) is 0 Å². The van der Waals surface area contributed by atoms with E-state index in [9.17, 15) is 0 Å². The van der Waals surface area contributed by atoms with Crippen LogP contribution in [0.2, 0.25) is 0 Å². The normalized spacial score (nSPS) is 15.9. The third kappa shape index (κ3) is 3.53. The minimum Gasteiger partial charge on any atom is -0.375 e. The van der Waals surface area contributed by atoms with Gasteiger partial charge in [-0.2, -0.15) is 0 Å². The summed E-state index contributed by atoms with van der Waals surface area (Å²) in [6.45, 7) is 6.64. The summed E-state index contributed by atoms with van der Waals surface area (Å²) in [5, 5.41) is 0. The van der Waals surface area contributed by atoms with Crippen LogP contribution < -0.4 is 0 Å². The predicted octanol–water partition coefficient (Wildman–Crippen LogP) is 3.95. The molecule has 0 unspecified atom stereocenters. The van der Waals surface area contributed by atoms with Crippen molar-refractivity contribution < 1.29 is 0 Å². The maximum Gasteiger partial charge on any atom is 0.0174 e. The zero-order valence-electron chi connectivity index (χ0n) is 10.6. The maximum absolute atomic E-state index is 4.25. The van der Waals surface area contributed by atoms with Gasteiger partial charge in [0.15, 0.2) is 0 Å². The largest absolute Gasteiger partial charge is 0.375 e. The van der Waals surface area contributed by atoms with Gasteiger partial charge in [-0.1, -0.05) is 18.7 Å². The van der Waals surface area contributed by atoms with E-state index in [1.165, 1.54) is 48.5 Å². The van der Waals surface area contributed by atoms with E-state index in [-0.39, 0.29) is 0 Å². The van der Waals surface area contributed by atoms with Gasteiger partial charge in [-0.3, -0.25) is 0 Å². The van der Waals surface area contributed by atoms with Crippen LogP contribution >= 0.6 is 11.8 Å². The maximum atomic E-state index is 4.25. The molecule has 0 atom stereocenters. The molecule has 1 aromatic rings. The summed E-state index contributed by atoms with van der Waals surface area (Å²) in [4.78, 5) is 3.80. The Balaban J connectivity index is 1.96. The zero-order chi connectivity index (χ0) is 12.1. The summed E-state index contributed by atoms with van der Waals surface area (Å²) in [6, 6.07) is 8.79. The smallest absolute Gasteiger partial charge is 0.0174 e. The molecular formula is C15H21NS. The van der Waals surface area contributed by atoms with Crippen LogP contribution in [0, 0.1) is 0 Å². The highest BCUT2D eigenvalue weighted by Gasteiger charge is 2.11. The van der Waals surface area contributed by atoms with Crippen LogP contribution in [0.15, 0.2) is 41.4 Å². The third-order valence-corrected chi connectivity index (χ3v) is 4.07. The number of hydrogen-bond acceptors (Lipinski definition) is 2. The van der Waals surface area contributed by atoms with Gasteiger partial charge in [0.05, 0.1) is 0 Å². The number of rotatable bonds is 4. The molecule has 1 aliphatic rings. The van der Waals surface area contributed by atoms with Gasteiger partial charge in [0, 0.05) is 30.1 Å². The lowest BCUT2D eigenvalue weighted by Crippen LogP contribution is -2.29. The molecule has 1 heterocycles. The summed E-state index contributed by atoms with van der Waals surface area (Å²) < 4.78 is 0. The molecule has 1 nitrogen and oxygen atoms in total. The second-order valence-electron chi connectivity index (χ2n) is 4.64. The van der Waals surface area contributed by atoms with Crippen LogP contribution in [0.4, 0.5) is 0 Å². The molecule has 0 spiro atoms. The molecule has 1 aliphatic heterocycles. The first-order chi connectivity index (χ1) is 8.29. The molecule has 92 valence electrons. The van der Waals surface area contributed by atoms with Crippen molar-refractivity contribution in [2.24, 2.45) is 0 Å². The molecule has 0 amide bonds. The van der Waals surface area contributed by atoms with E-state index in [0.717, 1.165) is 6.42 Å². The van der Waals surface area contributed by atoms with Crippen molar-refractivity contribution in [2.45, 2.75) is 30.6 Å². The molecule has 0 aromatic heterocycles. The fraction of sp³-hybridized carbons (Fsp3) is 0.467. The van der Waals surface area contributed by atoms with Crippen LogP contribution in [-0.4, -0.2) is 24.2 Å². The summed E-state index contributed by atoms with van der Waals surface area (Å²) in [6.07, 6.45) is 7.15. The average molecular weight is 247 g/mol. The van der Waals surface area contributed by atoms with Crippen LogP contribution in [0.3, 0.4) is 0 Å². The quantitative estimate of drug-likeness (QED) is 0.741. The Bertz CT molecular complexity index is 380. The Morgan fingerprint density at radius 3 is 2.76 bits per heavy atom. The predicted molar refractivity (Wildman–Crippen MR) is 76.5 cm³/mol. The topological polar surface area (TPSA) is 3.24 Å². The van der Waals surface area contributed by atoms with Crippen LogP contribution in [-0.2, 0) is 6.42 Å². The van der Waals surface area contributed by atoms with Gasteiger partial charge in [-0.25, -0.2) is 0 Å². The molecule has 0 aliphatic carbocycles. The summed E-state index contributed by atoms with van der Waals surface area (Å²) in [5.41, 5.74) is 2.66. The standard InChI is InChI=1S/C15H21NS/c1-13(16-9-4-3-5-10-16)11-14-7-6-8-15(12-14)17-2/h6-8,12H,1,3-5,9-11H2,2H3. The van der Waals surface area contributed by atoms with E-state index in [2.05, 4.69) is 42.0 Å².